The largest absolute Gasteiger partial charge is 0.456 e. The number of para-hydroxylation sites is 4. The van der Waals surface area contributed by atoms with Crippen LogP contribution >= 0.6 is 0 Å². The van der Waals surface area contributed by atoms with Gasteiger partial charge in [-0.15, -0.1) is 0 Å². The second-order valence-electron chi connectivity index (χ2n) is 15.4. The summed E-state index contributed by atoms with van der Waals surface area (Å²) < 4.78 is 17.2. The van der Waals surface area contributed by atoms with Crippen LogP contribution in [-0.2, 0) is 0 Å². The molecular weight excluding hydrogens is 721 g/mol. The van der Waals surface area contributed by atoms with E-state index in [4.69, 9.17) is 15.4 Å². The molecule has 12 rings (SSSR count). The molecule has 0 atom stereocenters. The summed E-state index contributed by atoms with van der Waals surface area (Å²) in [5.41, 5.74) is 13.7. The van der Waals surface area contributed by atoms with Crippen LogP contribution in [-0.4, -0.2) is 9.13 Å². The van der Waals surface area contributed by atoms with Gasteiger partial charge in [0.15, 0.2) is 0 Å². The van der Waals surface area contributed by atoms with Crippen molar-refractivity contribution in [1.29, 1.82) is 0 Å². The van der Waals surface area contributed by atoms with Gasteiger partial charge in [-0.25, -0.2) is 0 Å². The lowest BCUT2D eigenvalue weighted by atomic mass is 9.94. The van der Waals surface area contributed by atoms with Crippen molar-refractivity contribution in [2.24, 2.45) is 0 Å². The van der Waals surface area contributed by atoms with Crippen LogP contribution in [0.25, 0.3) is 112 Å². The Labute approximate surface area is 339 Å². The Bertz CT molecular complexity index is 3820. The summed E-state index contributed by atoms with van der Waals surface area (Å²) in [7, 11) is 0. The van der Waals surface area contributed by atoms with E-state index in [1.807, 2.05) is 24.3 Å². The van der Waals surface area contributed by atoms with Crippen molar-refractivity contribution in [3.05, 3.63) is 204 Å². The van der Waals surface area contributed by atoms with E-state index in [-0.39, 0.29) is 0 Å². The predicted octanol–water partition coefficient (Wildman–Crippen LogP) is 13.3. The second kappa shape index (κ2) is 12.9. The molecule has 4 nitrogen and oxygen atoms in total. The third-order valence-electron chi connectivity index (χ3n) is 12.1. The Hall–Kier alpha value is -7.82. The maximum Gasteiger partial charge on any atom is 0.135 e. The number of allylic oxidation sites excluding steroid dienone is 2. The molecule has 278 valence electrons. The molecule has 59 heavy (non-hydrogen) atoms. The number of benzene rings is 8. The molecule has 4 aromatic heterocycles. The number of hydrogen-bond acceptors (Lipinski definition) is 2. The number of nitrogens with zero attached hydrogens (tertiary/aromatic N) is 2. The summed E-state index contributed by atoms with van der Waals surface area (Å²) in [5.74, 6) is 0. The van der Waals surface area contributed by atoms with Crippen LogP contribution < -0.4 is 10.6 Å². The van der Waals surface area contributed by atoms with Crippen molar-refractivity contribution in [2.45, 2.75) is 6.92 Å². The van der Waals surface area contributed by atoms with Gasteiger partial charge in [-0.2, -0.15) is 0 Å². The zero-order valence-corrected chi connectivity index (χ0v) is 32.3. The molecule has 0 aliphatic carbocycles. The van der Waals surface area contributed by atoms with E-state index in [1.54, 1.807) is 0 Å². The van der Waals surface area contributed by atoms with E-state index in [0.717, 1.165) is 98.9 Å². The van der Waals surface area contributed by atoms with Crippen molar-refractivity contribution in [1.82, 2.24) is 9.13 Å². The molecule has 8 aromatic carbocycles. The summed E-state index contributed by atoms with van der Waals surface area (Å²) >= 11 is 0. The van der Waals surface area contributed by atoms with Gasteiger partial charge in [0, 0.05) is 54.3 Å². The lowest BCUT2D eigenvalue weighted by Gasteiger charge is -2.13. The highest BCUT2D eigenvalue weighted by Crippen LogP contribution is 2.38. The van der Waals surface area contributed by atoms with Gasteiger partial charge in [-0.1, -0.05) is 116 Å². The topological polar surface area (TPSA) is 36.1 Å². The third kappa shape index (κ3) is 5.10. The number of aromatic nitrogens is 2. The van der Waals surface area contributed by atoms with Crippen molar-refractivity contribution in [3.63, 3.8) is 0 Å². The van der Waals surface area contributed by atoms with Gasteiger partial charge in [-0.05, 0) is 108 Å². The average molecular weight is 757 g/mol. The van der Waals surface area contributed by atoms with Gasteiger partial charge in [0.1, 0.15) is 22.3 Å². The summed E-state index contributed by atoms with van der Waals surface area (Å²) in [4.78, 5) is 0. The van der Waals surface area contributed by atoms with Gasteiger partial charge < -0.3 is 18.0 Å². The second-order valence-corrected chi connectivity index (χ2v) is 15.4. The lowest BCUT2D eigenvalue weighted by Crippen LogP contribution is -2.27. The molecule has 0 aliphatic heterocycles. The Morgan fingerprint density at radius 2 is 0.932 bits per heavy atom. The summed E-state index contributed by atoms with van der Waals surface area (Å²) in [6, 6.07) is 64.5. The highest BCUT2D eigenvalue weighted by atomic mass is 16.3. The van der Waals surface area contributed by atoms with Crippen molar-refractivity contribution < 1.29 is 8.83 Å². The molecule has 4 heterocycles. The smallest absolute Gasteiger partial charge is 0.135 e. The molecule has 0 radical (unpaired) electrons. The highest BCUT2D eigenvalue weighted by Gasteiger charge is 2.18. The van der Waals surface area contributed by atoms with Gasteiger partial charge in [0.2, 0.25) is 0 Å². The van der Waals surface area contributed by atoms with Gasteiger partial charge in [0.05, 0.1) is 21.9 Å². The average Bonchev–Trinajstić information content (AvgIpc) is 4.02. The maximum absolute atomic E-state index is 6.25. The van der Waals surface area contributed by atoms with Crippen molar-refractivity contribution in [3.8, 4) is 11.4 Å². The summed E-state index contributed by atoms with van der Waals surface area (Å²) in [6.07, 6.45) is 2.35. The maximum atomic E-state index is 6.25. The van der Waals surface area contributed by atoms with Crippen LogP contribution in [0.2, 0.25) is 0 Å². The van der Waals surface area contributed by atoms with Crippen LogP contribution in [0.4, 0.5) is 0 Å². The minimum Gasteiger partial charge on any atom is -0.456 e. The molecule has 0 saturated heterocycles. The molecule has 0 unspecified atom stereocenters. The molecule has 0 fully saturated rings. The van der Waals surface area contributed by atoms with E-state index in [2.05, 4.69) is 180 Å². The van der Waals surface area contributed by atoms with Crippen molar-refractivity contribution in [2.75, 3.05) is 0 Å². The van der Waals surface area contributed by atoms with Gasteiger partial charge in [0.25, 0.3) is 0 Å². The predicted molar refractivity (Wildman–Crippen MR) is 247 cm³/mol. The normalized spacial score (nSPS) is 12.9. The minimum absolute atomic E-state index is 0.873. The minimum atomic E-state index is 0.873. The van der Waals surface area contributed by atoms with Crippen LogP contribution in [0, 0.1) is 0 Å². The first-order valence-corrected chi connectivity index (χ1v) is 20.0. The van der Waals surface area contributed by atoms with E-state index in [9.17, 15) is 0 Å². The molecular formula is C55H36N2O2. The summed E-state index contributed by atoms with van der Waals surface area (Å²) in [6.45, 7) is 6.97. The monoisotopic (exact) mass is 756 g/mol. The molecule has 0 amide bonds. The number of rotatable bonds is 5. The first-order chi connectivity index (χ1) is 29.1. The summed E-state index contributed by atoms with van der Waals surface area (Å²) in [5, 5.41) is 9.95. The molecule has 0 bridgehead atoms. The van der Waals surface area contributed by atoms with Crippen LogP contribution in [0.1, 0.15) is 18.1 Å². The van der Waals surface area contributed by atoms with Crippen LogP contribution in [0.3, 0.4) is 0 Å². The van der Waals surface area contributed by atoms with Crippen LogP contribution in [0.5, 0.6) is 0 Å². The Kier molecular flexibility index (Phi) is 7.26. The SMILES string of the molecule is C=c1/c(=C\C(=C(/C)c2ccccc2)c2ccc3c(c2)c2ccccc2n3-c2ccc3oc4ccccc4c3c2)n(-c2ccc3oc4ccccc4c3c2)c2ccccc12. The Morgan fingerprint density at radius 3 is 1.59 bits per heavy atom. The van der Waals surface area contributed by atoms with Gasteiger partial charge >= 0.3 is 0 Å². The highest BCUT2D eigenvalue weighted by molar-refractivity contribution is 6.13. The number of hydrogen-bond donors (Lipinski definition) is 0. The zero-order valence-electron chi connectivity index (χ0n) is 32.3. The van der Waals surface area contributed by atoms with E-state index < -0.39 is 0 Å². The molecule has 12 aromatic rings. The lowest BCUT2D eigenvalue weighted by molar-refractivity contribution is 0.668. The standard InChI is InChI=1S/C55H36N2O2/c1-34(36-14-4-3-5-15-36)44(33-51-35(2)40-16-6-10-20-48(40)57(51)39-26-29-55-47(32-39)43-19-9-13-23-53(43)59-55)37-24-27-50-45(30-37)41-17-7-11-21-49(41)56(50)38-25-28-54-46(31-38)42-18-8-12-22-52(42)58-54/h3-33H,2H2,1H3/b44-34-,51-33+. The molecule has 4 heteroatoms. The molecule has 0 spiro atoms. The molecule has 0 N–H and O–H groups in total. The quantitative estimate of drug-likeness (QED) is 0.164. The fourth-order valence-corrected chi connectivity index (χ4v) is 9.27. The van der Waals surface area contributed by atoms with Crippen LogP contribution in [0.15, 0.2) is 191 Å². The molecule has 0 saturated carbocycles. The van der Waals surface area contributed by atoms with Crippen molar-refractivity contribution >= 4 is 100 Å². The van der Waals surface area contributed by atoms with E-state index in [0.29, 0.717) is 0 Å². The first-order valence-electron chi connectivity index (χ1n) is 20.0. The Morgan fingerprint density at radius 1 is 0.424 bits per heavy atom. The fraction of sp³-hybridized carbons (Fsp3) is 0.0182. The van der Waals surface area contributed by atoms with E-state index >= 15 is 0 Å². The first kappa shape index (κ1) is 33.3. The number of furan rings is 2. The number of fused-ring (bicyclic) bond motifs is 10. The van der Waals surface area contributed by atoms with E-state index in [1.165, 1.54) is 21.9 Å². The van der Waals surface area contributed by atoms with Gasteiger partial charge in [-0.3, -0.25) is 0 Å². The Balaban J connectivity index is 1.12. The fourth-order valence-electron chi connectivity index (χ4n) is 9.27. The third-order valence-corrected chi connectivity index (χ3v) is 12.1. The molecule has 0 aliphatic rings. The zero-order chi connectivity index (χ0) is 39.2.